The molecule has 0 amide bonds. The van der Waals surface area contributed by atoms with Crippen LogP contribution in [0.2, 0.25) is 0 Å². The van der Waals surface area contributed by atoms with Crippen LogP contribution in [0.1, 0.15) is 22.3 Å². The molecule has 4 heteroatoms. The normalized spacial score (nSPS) is 12.4. The summed E-state index contributed by atoms with van der Waals surface area (Å²) in [5, 5.41) is 0. The van der Waals surface area contributed by atoms with Crippen LogP contribution in [0.3, 0.4) is 0 Å². The molecule has 0 heterocycles. The molecule has 0 saturated heterocycles. The van der Waals surface area contributed by atoms with E-state index in [0.29, 0.717) is 0 Å². The van der Waals surface area contributed by atoms with Crippen molar-refractivity contribution in [2.45, 2.75) is 12.8 Å². The molecule has 2 aliphatic carbocycles. The fourth-order valence-corrected chi connectivity index (χ4v) is 5.80. The first-order valence-corrected chi connectivity index (χ1v) is 12.8. The Bertz CT molecular complexity index is 1190. The van der Waals surface area contributed by atoms with Gasteiger partial charge in [0.15, 0.2) is 0 Å². The zero-order valence-corrected chi connectivity index (χ0v) is 22.2. The predicted octanol–water partition coefficient (Wildman–Crippen LogP) is 9.57. The molecule has 0 saturated carbocycles. The summed E-state index contributed by atoms with van der Waals surface area (Å²) in [5.41, 5.74) is 11.1. The topological polar surface area (TPSA) is 0 Å². The van der Waals surface area contributed by atoms with Gasteiger partial charge in [0.05, 0.1) is 0 Å². The highest BCUT2D eigenvalue weighted by atomic mass is 79.9. The quantitative estimate of drug-likeness (QED) is 0.154. The number of benzene rings is 4. The van der Waals surface area contributed by atoms with Crippen molar-refractivity contribution in [3.63, 3.8) is 0 Å². The fourth-order valence-electron chi connectivity index (χ4n) is 4.26. The molecule has 0 nitrogen and oxygen atoms in total. The van der Waals surface area contributed by atoms with Crippen molar-refractivity contribution < 1.29 is 0 Å². The summed E-state index contributed by atoms with van der Waals surface area (Å²) in [5.74, 6) is 0. The highest BCUT2D eigenvalue weighted by Crippen LogP contribution is 2.40. The van der Waals surface area contributed by atoms with E-state index in [9.17, 15) is 0 Å². The van der Waals surface area contributed by atoms with Gasteiger partial charge in [0.25, 0.3) is 0 Å². The maximum atomic E-state index is 3.52. The van der Waals surface area contributed by atoms with Gasteiger partial charge in [-0.25, -0.2) is 0 Å². The number of hydrogen-bond acceptors (Lipinski definition) is 0. The minimum Gasteiger partial charge on any atom is -0.0570 e. The van der Waals surface area contributed by atoms with Gasteiger partial charge in [0.1, 0.15) is 0 Å². The lowest BCUT2D eigenvalue weighted by Gasteiger charge is -2.01. The second-order valence-corrected chi connectivity index (χ2v) is 11.2. The van der Waals surface area contributed by atoms with Crippen LogP contribution in [0.4, 0.5) is 0 Å². The van der Waals surface area contributed by atoms with Crippen molar-refractivity contribution in [3.8, 4) is 22.3 Å². The minimum absolute atomic E-state index is 1.05. The first-order valence-electron chi connectivity index (χ1n) is 9.62. The van der Waals surface area contributed by atoms with Crippen molar-refractivity contribution in [1.82, 2.24) is 0 Å². The maximum Gasteiger partial charge on any atom is 0.0181 e. The molecular weight excluding hydrogens is 632 g/mol. The summed E-state index contributed by atoms with van der Waals surface area (Å²) in [6.07, 6.45) is 2.11. The Morgan fingerprint density at radius 1 is 0.367 bits per heavy atom. The molecule has 0 radical (unpaired) electrons. The molecule has 0 atom stereocenters. The Morgan fingerprint density at radius 2 is 0.733 bits per heavy atom. The van der Waals surface area contributed by atoms with Gasteiger partial charge in [-0.1, -0.05) is 88.0 Å². The zero-order chi connectivity index (χ0) is 20.8. The van der Waals surface area contributed by atoms with Crippen LogP contribution in [0.15, 0.2) is 90.7 Å². The number of rotatable bonds is 0. The smallest absolute Gasteiger partial charge is 0.0181 e. The molecule has 4 aromatic carbocycles. The van der Waals surface area contributed by atoms with Crippen molar-refractivity contribution in [1.29, 1.82) is 0 Å². The van der Waals surface area contributed by atoms with Crippen LogP contribution < -0.4 is 0 Å². The second kappa shape index (κ2) is 8.38. The van der Waals surface area contributed by atoms with E-state index >= 15 is 0 Å². The molecule has 4 aromatic rings. The molecule has 2 aliphatic rings. The highest BCUT2D eigenvalue weighted by Gasteiger charge is 2.19. The molecule has 0 unspecified atom stereocenters. The summed E-state index contributed by atoms with van der Waals surface area (Å²) in [7, 11) is 0. The van der Waals surface area contributed by atoms with Crippen LogP contribution in [0.5, 0.6) is 0 Å². The Hall–Kier alpha value is -1.20. The summed E-state index contributed by atoms with van der Waals surface area (Å²) in [4.78, 5) is 0. The average Bonchev–Trinajstić information content (AvgIpc) is 3.24. The van der Waals surface area contributed by atoms with Gasteiger partial charge in [-0.2, -0.15) is 0 Å². The predicted molar refractivity (Wildman–Crippen MR) is 140 cm³/mol. The van der Waals surface area contributed by atoms with E-state index < -0.39 is 0 Å². The summed E-state index contributed by atoms with van der Waals surface area (Å²) in [6, 6.07) is 26.1. The Labute approximate surface area is 210 Å². The van der Waals surface area contributed by atoms with Crippen LogP contribution >= 0.6 is 63.7 Å². The van der Waals surface area contributed by atoms with Gasteiger partial charge in [0.2, 0.25) is 0 Å². The summed E-state index contributed by atoms with van der Waals surface area (Å²) in [6.45, 7) is 0. The average molecular weight is 648 g/mol. The van der Waals surface area contributed by atoms with Gasteiger partial charge in [-0.05, 0) is 106 Å². The SMILES string of the molecule is Brc1ccc2c(c1)-c1cc(Br)ccc1C2.Brc1ccc2c(c1)Cc1cc(Br)ccc1-2. The van der Waals surface area contributed by atoms with Crippen LogP contribution in [0, 0.1) is 0 Å². The van der Waals surface area contributed by atoms with E-state index in [4.69, 9.17) is 0 Å². The van der Waals surface area contributed by atoms with Gasteiger partial charge >= 0.3 is 0 Å². The third-order valence-corrected chi connectivity index (χ3v) is 7.59. The number of halogens is 4. The van der Waals surface area contributed by atoms with Crippen molar-refractivity contribution in [2.75, 3.05) is 0 Å². The Kier molecular flexibility index (Phi) is 5.78. The number of fused-ring (bicyclic) bond motifs is 6. The molecule has 0 spiro atoms. The van der Waals surface area contributed by atoms with E-state index in [2.05, 4.69) is 137 Å². The molecule has 0 N–H and O–H groups in total. The Balaban J connectivity index is 0.000000128. The van der Waals surface area contributed by atoms with E-state index in [0.717, 1.165) is 30.7 Å². The lowest BCUT2D eigenvalue weighted by molar-refractivity contribution is 1.25. The van der Waals surface area contributed by atoms with Crippen LogP contribution in [-0.4, -0.2) is 0 Å². The molecular formula is C26H16Br4. The lowest BCUT2D eigenvalue weighted by Crippen LogP contribution is -1.79. The standard InChI is InChI=1S/2C13H8Br2/c14-10-1-3-12-8(6-10)5-9-7-11(15)2-4-13(9)12;14-10-3-1-8-5-9-2-4-11(15)7-13(9)12(8)6-10/h2*1-4,6-7H,5H2. The third kappa shape index (κ3) is 4.00. The van der Waals surface area contributed by atoms with E-state index in [1.807, 2.05) is 0 Å². The van der Waals surface area contributed by atoms with Crippen molar-refractivity contribution in [2.24, 2.45) is 0 Å². The van der Waals surface area contributed by atoms with E-state index in [1.165, 1.54) is 44.5 Å². The molecule has 148 valence electrons. The number of hydrogen-bond donors (Lipinski definition) is 0. The van der Waals surface area contributed by atoms with Gasteiger partial charge in [-0.15, -0.1) is 0 Å². The van der Waals surface area contributed by atoms with Crippen LogP contribution in [0.25, 0.3) is 22.3 Å². The summed E-state index contributed by atoms with van der Waals surface area (Å²) >= 11 is 14.1. The zero-order valence-electron chi connectivity index (χ0n) is 15.9. The first-order chi connectivity index (χ1) is 14.5. The molecule has 0 aliphatic heterocycles. The van der Waals surface area contributed by atoms with Gasteiger partial charge in [0, 0.05) is 17.9 Å². The molecule has 30 heavy (non-hydrogen) atoms. The summed E-state index contributed by atoms with van der Waals surface area (Å²) < 4.78 is 4.62. The lowest BCUT2D eigenvalue weighted by atomic mass is 10.1. The van der Waals surface area contributed by atoms with Gasteiger partial charge in [-0.3, -0.25) is 0 Å². The maximum absolute atomic E-state index is 3.52. The van der Waals surface area contributed by atoms with E-state index in [-0.39, 0.29) is 0 Å². The second-order valence-electron chi connectivity index (χ2n) is 7.56. The van der Waals surface area contributed by atoms with Crippen LogP contribution in [-0.2, 0) is 12.8 Å². The fraction of sp³-hybridized carbons (Fsp3) is 0.0769. The third-order valence-electron chi connectivity index (χ3n) is 5.62. The largest absolute Gasteiger partial charge is 0.0570 e. The van der Waals surface area contributed by atoms with Gasteiger partial charge < -0.3 is 0 Å². The Morgan fingerprint density at radius 3 is 1.20 bits per heavy atom. The molecule has 0 bridgehead atoms. The highest BCUT2D eigenvalue weighted by molar-refractivity contribution is 9.11. The van der Waals surface area contributed by atoms with Crippen molar-refractivity contribution >= 4 is 63.7 Å². The molecule has 0 aromatic heterocycles. The minimum atomic E-state index is 1.05. The first kappa shape index (κ1) is 20.7. The monoisotopic (exact) mass is 644 g/mol. The van der Waals surface area contributed by atoms with Crippen molar-refractivity contribution in [3.05, 3.63) is 113 Å². The molecule has 6 rings (SSSR count). The molecule has 0 fully saturated rings. The van der Waals surface area contributed by atoms with E-state index in [1.54, 1.807) is 0 Å².